The third kappa shape index (κ3) is 5.58. The van der Waals surface area contributed by atoms with Gasteiger partial charge in [-0.25, -0.2) is 0 Å². The predicted octanol–water partition coefficient (Wildman–Crippen LogP) is 2.17. The summed E-state index contributed by atoms with van der Waals surface area (Å²) in [5.41, 5.74) is 0.902. The van der Waals surface area contributed by atoms with Crippen molar-refractivity contribution in [3.05, 3.63) is 34.9 Å². The molecule has 0 spiro atoms. The second-order valence-electron chi connectivity index (χ2n) is 6.38. The molecule has 8 heteroatoms. The Labute approximate surface area is 164 Å². The zero-order valence-electron chi connectivity index (χ0n) is 14.5. The zero-order chi connectivity index (χ0) is 17.6. The number of carbonyl (C=O) groups excluding carboxylic acids is 2. The molecule has 26 heavy (non-hydrogen) atoms. The van der Waals surface area contributed by atoms with Crippen molar-refractivity contribution in [2.75, 3.05) is 26.3 Å². The van der Waals surface area contributed by atoms with Crippen LogP contribution in [0.15, 0.2) is 24.3 Å². The fraction of sp³-hybridized carbons (Fsp3) is 0.556. The Balaban J connectivity index is 0.00000243. The van der Waals surface area contributed by atoms with Gasteiger partial charge in [-0.15, -0.1) is 12.4 Å². The lowest BCUT2D eigenvalue weighted by molar-refractivity contribution is -0.151. The monoisotopic (exact) mass is 402 g/mol. The number of carbonyl (C=O) groups is 2. The maximum atomic E-state index is 12.6. The van der Waals surface area contributed by atoms with Crippen LogP contribution in [0, 0.1) is 0 Å². The average molecular weight is 403 g/mol. The maximum absolute atomic E-state index is 12.6. The number of ether oxygens (including phenoxy) is 2. The summed E-state index contributed by atoms with van der Waals surface area (Å²) >= 11 is 6.18. The Morgan fingerprint density at radius 2 is 2.19 bits per heavy atom. The molecule has 2 heterocycles. The molecule has 2 atom stereocenters. The lowest BCUT2D eigenvalue weighted by Gasteiger charge is -2.33. The average Bonchev–Trinajstić information content (AvgIpc) is 3.12. The molecule has 2 unspecified atom stereocenters. The summed E-state index contributed by atoms with van der Waals surface area (Å²) in [7, 11) is 0. The third-order valence-electron chi connectivity index (χ3n) is 4.53. The number of hydrogen-bond acceptors (Lipinski definition) is 5. The van der Waals surface area contributed by atoms with Crippen molar-refractivity contribution >= 4 is 35.9 Å². The summed E-state index contributed by atoms with van der Waals surface area (Å²) in [6.45, 7) is 2.66. The Morgan fingerprint density at radius 1 is 1.38 bits per heavy atom. The molecule has 0 bridgehead atoms. The quantitative estimate of drug-likeness (QED) is 0.738. The summed E-state index contributed by atoms with van der Waals surface area (Å²) < 4.78 is 10.7. The number of nitrogens with zero attached hydrogens (tertiary/aromatic N) is 1. The summed E-state index contributed by atoms with van der Waals surface area (Å²) in [6, 6.07) is 6.92. The number of piperazine rings is 1. The van der Waals surface area contributed by atoms with Gasteiger partial charge in [-0.05, 0) is 24.5 Å². The van der Waals surface area contributed by atoms with E-state index >= 15 is 0 Å². The summed E-state index contributed by atoms with van der Waals surface area (Å²) in [4.78, 5) is 26.4. The first-order valence-electron chi connectivity index (χ1n) is 8.66. The lowest BCUT2D eigenvalue weighted by atomic mass is 10.1. The van der Waals surface area contributed by atoms with Gasteiger partial charge < -0.3 is 19.7 Å². The highest BCUT2D eigenvalue weighted by molar-refractivity contribution is 6.31. The smallest absolute Gasteiger partial charge is 0.308 e. The Bertz CT molecular complexity index is 623. The van der Waals surface area contributed by atoms with Gasteiger partial charge in [0.1, 0.15) is 6.61 Å². The van der Waals surface area contributed by atoms with Crippen LogP contribution in [0.4, 0.5) is 0 Å². The van der Waals surface area contributed by atoms with Gasteiger partial charge in [0.2, 0.25) is 5.91 Å². The SMILES string of the molecule is Cl.O=C(CC1NCCN(Cc2ccccc2Cl)C1=O)OCC1CCCO1. The molecule has 2 fully saturated rings. The van der Waals surface area contributed by atoms with Crippen LogP contribution in [0.3, 0.4) is 0 Å². The fourth-order valence-electron chi connectivity index (χ4n) is 3.13. The van der Waals surface area contributed by atoms with Crippen LogP contribution < -0.4 is 5.32 Å². The van der Waals surface area contributed by atoms with Gasteiger partial charge in [0.05, 0.1) is 18.6 Å². The molecule has 2 aliphatic rings. The van der Waals surface area contributed by atoms with Crippen molar-refractivity contribution < 1.29 is 19.1 Å². The van der Waals surface area contributed by atoms with Crippen LogP contribution in [-0.4, -0.2) is 55.2 Å². The molecule has 1 N–H and O–H groups in total. The van der Waals surface area contributed by atoms with E-state index in [0.29, 0.717) is 24.7 Å². The second-order valence-corrected chi connectivity index (χ2v) is 6.79. The number of benzene rings is 1. The van der Waals surface area contributed by atoms with Crippen molar-refractivity contribution in [1.29, 1.82) is 0 Å². The van der Waals surface area contributed by atoms with E-state index in [1.807, 2.05) is 24.3 Å². The van der Waals surface area contributed by atoms with E-state index in [4.69, 9.17) is 21.1 Å². The van der Waals surface area contributed by atoms with E-state index in [2.05, 4.69) is 5.32 Å². The van der Waals surface area contributed by atoms with Gasteiger partial charge in [-0.1, -0.05) is 29.8 Å². The summed E-state index contributed by atoms with van der Waals surface area (Å²) in [6.07, 6.45) is 1.95. The second kappa shape index (κ2) is 10.1. The molecule has 0 aliphatic carbocycles. The van der Waals surface area contributed by atoms with Gasteiger partial charge in [0, 0.05) is 31.3 Å². The fourth-order valence-corrected chi connectivity index (χ4v) is 3.32. The third-order valence-corrected chi connectivity index (χ3v) is 4.89. The molecular formula is C18H24Cl2N2O4. The summed E-state index contributed by atoms with van der Waals surface area (Å²) in [5.74, 6) is -0.471. The molecular weight excluding hydrogens is 379 g/mol. The number of amides is 1. The molecule has 2 saturated heterocycles. The topological polar surface area (TPSA) is 67.9 Å². The molecule has 144 valence electrons. The van der Waals surface area contributed by atoms with Crippen LogP contribution in [0.1, 0.15) is 24.8 Å². The van der Waals surface area contributed by atoms with Crippen molar-refractivity contribution in [3.8, 4) is 0 Å². The van der Waals surface area contributed by atoms with Gasteiger partial charge in [-0.2, -0.15) is 0 Å². The highest BCUT2D eigenvalue weighted by atomic mass is 35.5. The number of nitrogens with one attached hydrogen (secondary N) is 1. The molecule has 1 aromatic carbocycles. The van der Waals surface area contributed by atoms with E-state index < -0.39 is 6.04 Å². The summed E-state index contributed by atoms with van der Waals surface area (Å²) in [5, 5.41) is 3.74. The van der Waals surface area contributed by atoms with Crippen LogP contribution in [-0.2, 0) is 25.6 Å². The minimum atomic E-state index is -0.548. The first-order valence-corrected chi connectivity index (χ1v) is 9.04. The minimum absolute atomic E-state index is 0. The van der Waals surface area contributed by atoms with E-state index in [-0.39, 0.29) is 43.4 Å². The van der Waals surface area contributed by atoms with Gasteiger partial charge in [0.15, 0.2) is 0 Å². The standard InChI is InChI=1S/C18H23ClN2O4.ClH/c19-15-6-2-1-4-13(15)11-21-8-7-20-16(18(21)23)10-17(22)25-12-14-5-3-9-24-14;/h1-2,4,6,14,16,20H,3,5,7-12H2;1H. The van der Waals surface area contributed by atoms with E-state index in [1.165, 1.54) is 0 Å². The maximum Gasteiger partial charge on any atom is 0.308 e. The Morgan fingerprint density at radius 3 is 2.92 bits per heavy atom. The number of hydrogen-bond donors (Lipinski definition) is 1. The minimum Gasteiger partial charge on any atom is -0.463 e. The molecule has 0 saturated carbocycles. The van der Waals surface area contributed by atoms with Gasteiger partial charge in [-0.3, -0.25) is 9.59 Å². The number of esters is 1. The number of rotatable bonds is 6. The lowest BCUT2D eigenvalue weighted by Crippen LogP contribution is -2.55. The van der Waals surface area contributed by atoms with Crippen LogP contribution in [0.5, 0.6) is 0 Å². The molecule has 6 nitrogen and oxygen atoms in total. The van der Waals surface area contributed by atoms with E-state index in [0.717, 1.165) is 25.0 Å². The highest BCUT2D eigenvalue weighted by Crippen LogP contribution is 2.19. The highest BCUT2D eigenvalue weighted by Gasteiger charge is 2.31. The van der Waals surface area contributed by atoms with Crippen LogP contribution >= 0.6 is 24.0 Å². The van der Waals surface area contributed by atoms with Crippen molar-refractivity contribution in [3.63, 3.8) is 0 Å². The largest absolute Gasteiger partial charge is 0.463 e. The molecule has 2 aliphatic heterocycles. The van der Waals surface area contributed by atoms with Gasteiger partial charge in [0.25, 0.3) is 0 Å². The molecule has 1 aromatic rings. The zero-order valence-corrected chi connectivity index (χ0v) is 16.1. The first kappa shape index (κ1) is 21.0. The van der Waals surface area contributed by atoms with Crippen LogP contribution in [0.2, 0.25) is 5.02 Å². The van der Waals surface area contributed by atoms with E-state index in [9.17, 15) is 9.59 Å². The Hall–Kier alpha value is -1.34. The van der Waals surface area contributed by atoms with Crippen molar-refractivity contribution in [2.45, 2.75) is 38.0 Å². The first-order chi connectivity index (χ1) is 12.1. The van der Waals surface area contributed by atoms with E-state index in [1.54, 1.807) is 4.90 Å². The Kier molecular flexibility index (Phi) is 8.15. The van der Waals surface area contributed by atoms with Crippen molar-refractivity contribution in [1.82, 2.24) is 10.2 Å². The predicted molar refractivity (Wildman–Crippen MR) is 100 cm³/mol. The molecule has 0 aromatic heterocycles. The number of halogens is 2. The molecule has 3 rings (SSSR count). The molecule has 1 amide bonds. The van der Waals surface area contributed by atoms with Crippen LogP contribution in [0.25, 0.3) is 0 Å². The van der Waals surface area contributed by atoms with Crippen molar-refractivity contribution in [2.24, 2.45) is 0 Å². The molecule has 0 radical (unpaired) electrons. The van der Waals surface area contributed by atoms with Gasteiger partial charge >= 0.3 is 5.97 Å². The normalized spacial score (nSPS) is 22.8.